The van der Waals surface area contributed by atoms with Gasteiger partial charge in [-0.05, 0) is 55.8 Å². The van der Waals surface area contributed by atoms with Crippen molar-refractivity contribution in [2.45, 2.75) is 31.3 Å². The maximum absolute atomic E-state index is 14.0. The van der Waals surface area contributed by atoms with Crippen LogP contribution in [0.5, 0.6) is 11.5 Å². The highest BCUT2D eigenvalue weighted by atomic mass is 35.5. The minimum atomic E-state index is -4.29. The highest BCUT2D eigenvalue weighted by Crippen LogP contribution is 2.36. The van der Waals surface area contributed by atoms with Gasteiger partial charge in [-0.25, -0.2) is 8.42 Å². The molecule has 40 heavy (non-hydrogen) atoms. The summed E-state index contributed by atoms with van der Waals surface area (Å²) in [6, 6.07) is 14.7. The molecule has 3 rings (SSSR count). The zero-order chi connectivity index (χ0) is 29.6. The van der Waals surface area contributed by atoms with Gasteiger partial charge in [0.1, 0.15) is 24.1 Å². The molecule has 214 valence electrons. The second-order valence-corrected chi connectivity index (χ2v) is 11.6. The number of hydrogen-bond donors (Lipinski definition) is 1. The van der Waals surface area contributed by atoms with Gasteiger partial charge in [-0.3, -0.25) is 13.9 Å². The molecular formula is C28H31Cl2N3O6S. The molecule has 0 spiro atoms. The second kappa shape index (κ2) is 13.3. The van der Waals surface area contributed by atoms with E-state index in [-0.39, 0.29) is 22.9 Å². The summed E-state index contributed by atoms with van der Waals surface area (Å²) < 4.78 is 39.8. The summed E-state index contributed by atoms with van der Waals surface area (Å²) in [6.45, 7) is 2.66. The Morgan fingerprint density at radius 1 is 0.975 bits per heavy atom. The first-order valence-electron chi connectivity index (χ1n) is 12.2. The Morgan fingerprint density at radius 3 is 2.23 bits per heavy atom. The number of methoxy groups -OCH3 is 2. The first-order chi connectivity index (χ1) is 18.9. The minimum Gasteiger partial charge on any atom is -0.497 e. The lowest BCUT2D eigenvalue weighted by molar-refractivity contribution is -0.139. The predicted octanol–water partition coefficient (Wildman–Crippen LogP) is 4.68. The van der Waals surface area contributed by atoms with Gasteiger partial charge in [0.05, 0.1) is 24.8 Å². The number of carbonyl (C=O) groups excluding carboxylic acids is 2. The lowest BCUT2D eigenvalue weighted by Gasteiger charge is -2.32. The van der Waals surface area contributed by atoms with Gasteiger partial charge >= 0.3 is 0 Å². The largest absolute Gasteiger partial charge is 0.497 e. The Hall–Kier alpha value is -3.47. The fourth-order valence-corrected chi connectivity index (χ4v) is 5.85. The Kier molecular flexibility index (Phi) is 10.3. The normalized spacial score (nSPS) is 11.9. The average molecular weight is 609 g/mol. The van der Waals surface area contributed by atoms with Crippen LogP contribution in [0.3, 0.4) is 0 Å². The summed E-state index contributed by atoms with van der Waals surface area (Å²) in [4.78, 5) is 27.8. The lowest BCUT2D eigenvalue weighted by Crippen LogP contribution is -2.50. The lowest BCUT2D eigenvalue weighted by atomic mass is 10.1. The number of nitrogens with one attached hydrogen (secondary N) is 1. The van der Waals surface area contributed by atoms with E-state index < -0.39 is 34.4 Å². The summed E-state index contributed by atoms with van der Waals surface area (Å²) in [5.74, 6) is -0.528. The number of halogens is 2. The number of carbonyl (C=O) groups is 2. The molecule has 0 heterocycles. The standard InChI is InChI=1S/C28H31Cl2N3O6S/c1-18-6-11-23(12-7-18)40(36,37)33(25-15-22(38-4)10-13-26(25)39-5)17-27(34)32(19(2)28(35)31-3)16-20-8-9-21(29)14-24(20)30/h6-15,19H,16-17H2,1-5H3,(H,31,35). The van der Waals surface area contributed by atoms with E-state index in [0.717, 1.165) is 9.87 Å². The third-order valence-corrected chi connectivity index (χ3v) is 8.67. The van der Waals surface area contributed by atoms with Crippen molar-refractivity contribution < 1.29 is 27.5 Å². The molecule has 1 atom stereocenters. The topological polar surface area (TPSA) is 105 Å². The second-order valence-electron chi connectivity index (χ2n) is 8.91. The fourth-order valence-electron chi connectivity index (χ4n) is 3.97. The van der Waals surface area contributed by atoms with Gasteiger partial charge in [-0.15, -0.1) is 0 Å². The molecule has 0 aliphatic rings. The summed E-state index contributed by atoms with van der Waals surface area (Å²) in [5.41, 5.74) is 1.49. The van der Waals surface area contributed by atoms with E-state index in [2.05, 4.69) is 5.32 Å². The van der Waals surface area contributed by atoms with Gasteiger partial charge in [-0.1, -0.05) is 47.0 Å². The number of hydrogen-bond acceptors (Lipinski definition) is 6. The van der Waals surface area contributed by atoms with Crippen molar-refractivity contribution >= 4 is 50.7 Å². The van der Waals surface area contributed by atoms with Crippen LogP contribution < -0.4 is 19.1 Å². The zero-order valence-electron chi connectivity index (χ0n) is 22.8. The SMILES string of the molecule is CNC(=O)C(C)N(Cc1ccc(Cl)cc1Cl)C(=O)CN(c1cc(OC)ccc1OC)S(=O)(=O)c1ccc(C)cc1. The van der Waals surface area contributed by atoms with Crippen molar-refractivity contribution in [2.75, 3.05) is 32.1 Å². The van der Waals surface area contributed by atoms with Crippen molar-refractivity contribution in [1.29, 1.82) is 0 Å². The average Bonchev–Trinajstić information content (AvgIpc) is 2.94. The third kappa shape index (κ3) is 6.99. The minimum absolute atomic E-state index is 0.0255. The molecule has 3 aromatic carbocycles. The molecule has 3 aromatic rings. The van der Waals surface area contributed by atoms with E-state index >= 15 is 0 Å². The van der Waals surface area contributed by atoms with Gasteiger partial charge < -0.3 is 19.7 Å². The number of aryl methyl sites for hydroxylation is 1. The van der Waals surface area contributed by atoms with Gasteiger partial charge in [0, 0.05) is 29.7 Å². The molecule has 0 radical (unpaired) electrons. The number of sulfonamides is 1. The van der Waals surface area contributed by atoms with E-state index in [1.165, 1.54) is 50.4 Å². The molecule has 0 fully saturated rings. The molecular weight excluding hydrogens is 577 g/mol. The van der Waals surface area contributed by atoms with Crippen LogP contribution in [0.4, 0.5) is 5.69 Å². The first kappa shape index (κ1) is 31.1. The number of rotatable bonds is 11. The van der Waals surface area contributed by atoms with E-state index in [9.17, 15) is 18.0 Å². The van der Waals surface area contributed by atoms with Gasteiger partial charge in [-0.2, -0.15) is 0 Å². The first-order valence-corrected chi connectivity index (χ1v) is 14.4. The van der Waals surface area contributed by atoms with Gasteiger partial charge in [0.25, 0.3) is 10.0 Å². The summed E-state index contributed by atoms with van der Waals surface area (Å²) in [7, 11) is -0.000766. The molecule has 0 aromatic heterocycles. The molecule has 2 amide bonds. The Bertz CT molecular complexity index is 1480. The van der Waals surface area contributed by atoms with Crippen LogP contribution in [0, 0.1) is 6.92 Å². The van der Waals surface area contributed by atoms with Gasteiger partial charge in [0.15, 0.2) is 0 Å². The van der Waals surface area contributed by atoms with Gasteiger partial charge in [0.2, 0.25) is 11.8 Å². The molecule has 0 aliphatic carbocycles. The Morgan fingerprint density at radius 2 is 1.65 bits per heavy atom. The van der Waals surface area contributed by atoms with E-state index in [1.54, 1.807) is 43.3 Å². The highest BCUT2D eigenvalue weighted by Gasteiger charge is 2.34. The Labute approximate surface area is 244 Å². The van der Waals surface area contributed by atoms with Crippen LogP contribution in [0.2, 0.25) is 10.0 Å². The number of likely N-dealkylation sites (N-methyl/N-ethyl adjacent to an activating group) is 1. The van der Waals surface area contributed by atoms with Crippen molar-refractivity contribution in [3.63, 3.8) is 0 Å². The monoisotopic (exact) mass is 607 g/mol. The van der Waals surface area contributed by atoms with Crippen LogP contribution in [0.25, 0.3) is 0 Å². The number of anilines is 1. The van der Waals surface area contributed by atoms with Crippen LogP contribution in [0.15, 0.2) is 65.6 Å². The summed E-state index contributed by atoms with van der Waals surface area (Å²) in [6.07, 6.45) is 0. The molecule has 1 N–H and O–H groups in total. The molecule has 0 saturated heterocycles. The molecule has 0 aliphatic heterocycles. The van der Waals surface area contributed by atoms with Crippen molar-refractivity contribution in [1.82, 2.24) is 10.2 Å². The molecule has 1 unspecified atom stereocenters. The fraction of sp³-hybridized carbons (Fsp3) is 0.286. The van der Waals surface area contributed by atoms with Crippen molar-refractivity contribution in [3.05, 3.63) is 81.8 Å². The van der Waals surface area contributed by atoms with E-state index in [0.29, 0.717) is 21.4 Å². The third-order valence-electron chi connectivity index (χ3n) is 6.31. The maximum atomic E-state index is 14.0. The summed E-state index contributed by atoms with van der Waals surface area (Å²) >= 11 is 12.4. The zero-order valence-corrected chi connectivity index (χ0v) is 25.1. The van der Waals surface area contributed by atoms with Crippen LogP contribution in [-0.4, -0.2) is 59.0 Å². The molecule has 0 bridgehead atoms. The number of benzene rings is 3. The van der Waals surface area contributed by atoms with Crippen LogP contribution in [0.1, 0.15) is 18.1 Å². The smallest absolute Gasteiger partial charge is 0.264 e. The predicted molar refractivity (Wildman–Crippen MR) is 156 cm³/mol. The quantitative estimate of drug-likeness (QED) is 0.339. The highest BCUT2D eigenvalue weighted by molar-refractivity contribution is 7.92. The maximum Gasteiger partial charge on any atom is 0.264 e. The van der Waals surface area contributed by atoms with Crippen molar-refractivity contribution in [3.8, 4) is 11.5 Å². The van der Waals surface area contributed by atoms with Crippen LogP contribution in [-0.2, 0) is 26.2 Å². The Balaban J connectivity index is 2.14. The van der Waals surface area contributed by atoms with E-state index in [4.69, 9.17) is 32.7 Å². The van der Waals surface area contributed by atoms with E-state index in [1.807, 2.05) is 6.92 Å². The number of nitrogens with zero attached hydrogens (tertiary/aromatic N) is 2. The van der Waals surface area contributed by atoms with Crippen molar-refractivity contribution in [2.24, 2.45) is 0 Å². The molecule has 12 heteroatoms. The van der Waals surface area contributed by atoms with Crippen LogP contribution >= 0.6 is 23.2 Å². The summed E-state index contributed by atoms with van der Waals surface area (Å²) in [5, 5.41) is 3.24. The number of amides is 2. The number of ether oxygens (including phenoxy) is 2. The molecule has 9 nitrogen and oxygen atoms in total. The molecule has 0 saturated carbocycles.